The van der Waals surface area contributed by atoms with Gasteiger partial charge in [-0.3, -0.25) is 4.90 Å². The summed E-state index contributed by atoms with van der Waals surface area (Å²) in [5, 5.41) is 2.66. The molecule has 2 aromatic rings. The van der Waals surface area contributed by atoms with Gasteiger partial charge in [-0.2, -0.15) is 0 Å². The van der Waals surface area contributed by atoms with Crippen LogP contribution in [0.4, 0.5) is 10.6 Å². The smallest absolute Gasteiger partial charge is 0.410 e. The molecule has 8 heteroatoms. The standard InChI is InChI=1S/C19H22Cl2N4O2/c1-19(2,3)27-18(26)25-12-4-5-13(25)10-24(9-12)17-14-8-22-15(20)6-11(14)7-16(21)23-17/h6-8,12-13H,4-5,9-10H2,1-3H3. The van der Waals surface area contributed by atoms with Gasteiger partial charge in [0.15, 0.2) is 0 Å². The molecule has 2 atom stereocenters. The van der Waals surface area contributed by atoms with Crippen molar-refractivity contribution in [2.75, 3.05) is 18.0 Å². The lowest BCUT2D eigenvalue weighted by atomic mass is 10.1. The van der Waals surface area contributed by atoms with Gasteiger partial charge in [0.2, 0.25) is 0 Å². The predicted molar refractivity (Wildman–Crippen MR) is 107 cm³/mol. The number of ether oxygens (including phenoxy) is 1. The van der Waals surface area contributed by atoms with Crippen LogP contribution in [0.1, 0.15) is 33.6 Å². The molecule has 0 saturated carbocycles. The minimum Gasteiger partial charge on any atom is -0.444 e. The van der Waals surface area contributed by atoms with Crippen LogP contribution in [0.15, 0.2) is 18.3 Å². The van der Waals surface area contributed by atoms with Crippen molar-refractivity contribution in [3.63, 3.8) is 0 Å². The lowest BCUT2D eigenvalue weighted by molar-refractivity contribution is 0.0123. The highest BCUT2D eigenvalue weighted by Crippen LogP contribution is 2.36. The second-order valence-corrected chi connectivity index (χ2v) is 8.95. The van der Waals surface area contributed by atoms with Crippen LogP contribution in [-0.4, -0.2) is 51.7 Å². The van der Waals surface area contributed by atoms with Gasteiger partial charge < -0.3 is 9.64 Å². The van der Waals surface area contributed by atoms with E-state index < -0.39 is 5.60 Å². The minimum atomic E-state index is -0.497. The molecule has 4 heterocycles. The van der Waals surface area contributed by atoms with Gasteiger partial charge in [0.1, 0.15) is 21.7 Å². The van der Waals surface area contributed by atoms with E-state index in [2.05, 4.69) is 14.9 Å². The van der Waals surface area contributed by atoms with Crippen LogP contribution < -0.4 is 4.90 Å². The maximum Gasteiger partial charge on any atom is 0.410 e. The number of amides is 1. The Morgan fingerprint density at radius 3 is 2.41 bits per heavy atom. The SMILES string of the molecule is CC(C)(C)OC(=O)N1C2CCC1CN(c1nc(Cl)cc3cc(Cl)ncc13)C2. The van der Waals surface area contributed by atoms with Crippen LogP contribution in [0.25, 0.3) is 10.8 Å². The zero-order valence-corrected chi connectivity index (χ0v) is 17.1. The van der Waals surface area contributed by atoms with Crippen LogP contribution in [0.3, 0.4) is 0 Å². The Morgan fingerprint density at radius 1 is 1.15 bits per heavy atom. The first-order valence-corrected chi connectivity index (χ1v) is 9.85. The third kappa shape index (κ3) is 3.65. The number of fused-ring (bicyclic) bond motifs is 3. The molecule has 2 aromatic heterocycles. The number of hydrogen-bond acceptors (Lipinski definition) is 5. The molecule has 2 aliphatic heterocycles. The predicted octanol–water partition coefficient (Wildman–Crippen LogP) is 4.52. The highest BCUT2D eigenvalue weighted by atomic mass is 35.5. The van der Waals surface area contributed by atoms with Gasteiger partial charge in [0.05, 0.1) is 12.1 Å². The van der Waals surface area contributed by atoms with Gasteiger partial charge in [0.25, 0.3) is 0 Å². The molecular weight excluding hydrogens is 387 g/mol. The van der Waals surface area contributed by atoms with E-state index in [4.69, 9.17) is 27.9 Å². The lowest BCUT2D eigenvalue weighted by Gasteiger charge is -2.42. The lowest BCUT2D eigenvalue weighted by Crippen LogP contribution is -2.57. The summed E-state index contributed by atoms with van der Waals surface area (Å²) < 4.78 is 5.61. The zero-order valence-electron chi connectivity index (χ0n) is 15.6. The quantitative estimate of drug-likeness (QED) is 0.648. The monoisotopic (exact) mass is 408 g/mol. The zero-order chi connectivity index (χ0) is 19.3. The van der Waals surface area contributed by atoms with Crippen LogP contribution in [0.5, 0.6) is 0 Å². The van der Waals surface area contributed by atoms with E-state index in [9.17, 15) is 4.79 Å². The van der Waals surface area contributed by atoms with Crippen molar-refractivity contribution in [1.29, 1.82) is 0 Å². The molecule has 2 fully saturated rings. The minimum absolute atomic E-state index is 0.106. The molecule has 4 rings (SSSR count). The van der Waals surface area contributed by atoms with Crippen molar-refractivity contribution in [3.05, 3.63) is 28.6 Å². The average Bonchev–Trinajstić information content (AvgIpc) is 2.82. The maximum absolute atomic E-state index is 12.6. The first-order valence-electron chi connectivity index (χ1n) is 9.09. The van der Waals surface area contributed by atoms with Crippen molar-refractivity contribution in [1.82, 2.24) is 14.9 Å². The molecule has 0 N–H and O–H groups in total. The summed E-state index contributed by atoms with van der Waals surface area (Å²) in [6.07, 6.45) is 3.43. The molecule has 2 aliphatic rings. The van der Waals surface area contributed by atoms with Gasteiger partial charge in [-0.25, -0.2) is 14.8 Å². The third-order valence-corrected chi connectivity index (χ3v) is 5.42. The number of carbonyl (C=O) groups is 1. The summed E-state index contributed by atoms with van der Waals surface area (Å²) in [6, 6.07) is 3.79. The van der Waals surface area contributed by atoms with Crippen molar-refractivity contribution in [2.45, 2.75) is 51.3 Å². The molecule has 0 radical (unpaired) electrons. The Kier molecular flexibility index (Phi) is 4.59. The van der Waals surface area contributed by atoms with E-state index in [1.807, 2.05) is 25.7 Å². The number of piperazine rings is 1. The molecule has 1 amide bonds. The van der Waals surface area contributed by atoms with E-state index in [-0.39, 0.29) is 18.2 Å². The molecule has 144 valence electrons. The molecule has 6 nitrogen and oxygen atoms in total. The summed E-state index contributed by atoms with van der Waals surface area (Å²) in [4.78, 5) is 25.5. The maximum atomic E-state index is 12.6. The topological polar surface area (TPSA) is 58.6 Å². The van der Waals surface area contributed by atoms with Crippen molar-refractivity contribution in [3.8, 4) is 0 Å². The molecule has 2 bridgehead atoms. The second kappa shape index (κ2) is 6.67. The number of anilines is 1. The van der Waals surface area contributed by atoms with Crippen LogP contribution >= 0.6 is 23.2 Å². The number of aromatic nitrogens is 2. The Labute approximate surface area is 168 Å². The summed E-state index contributed by atoms with van der Waals surface area (Å²) in [6.45, 7) is 7.07. The number of hydrogen-bond donors (Lipinski definition) is 0. The van der Waals surface area contributed by atoms with Crippen LogP contribution in [-0.2, 0) is 4.74 Å². The van der Waals surface area contributed by atoms with E-state index in [1.54, 1.807) is 18.3 Å². The van der Waals surface area contributed by atoms with E-state index in [1.165, 1.54) is 0 Å². The van der Waals surface area contributed by atoms with Gasteiger partial charge in [-0.1, -0.05) is 23.2 Å². The molecule has 2 saturated heterocycles. The number of halogens is 2. The van der Waals surface area contributed by atoms with Gasteiger partial charge in [-0.15, -0.1) is 0 Å². The average molecular weight is 409 g/mol. The van der Waals surface area contributed by atoms with E-state index >= 15 is 0 Å². The number of pyridine rings is 2. The van der Waals surface area contributed by atoms with Crippen molar-refractivity contribution < 1.29 is 9.53 Å². The van der Waals surface area contributed by atoms with E-state index in [0.29, 0.717) is 23.4 Å². The molecule has 0 aromatic carbocycles. The number of rotatable bonds is 1. The van der Waals surface area contributed by atoms with Gasteiger partial charge >= 0.3 is 6.09 Å². The molecule has 0 aliphatic carbocycles. The Balaban J connectivity index is 1.62. The Hall–Kier alpha value is -1.79. The highest BCUT2D eigenvalue weighted by Gasteiger charge is 2.44. The largest absolute Gasteiger partial charge is 0.444 e. The molecule has 2 unspecified atom stereocenters. The molecule has 0 spiro atoms. The summed E-state index contributed by atoms with van der Waals surface area (Å²) in [5.41, 5.74) is -0.497. The molecule has 27 heavy (non-hydrogen) atoms. The van der Waals surface area contributed by atoms with E-state index in [0.717, 1.165) is 29.4 Å². The Morgan fingerprint density at radius 2 is 1.78 bits per heavy atom. The highest BCUT2D eigenvalue weighted by molar-refractivity contribution is 6.31. The summed E-state index contributed by atoms with van der Waals surface area (Å²) in [7, 11) is 0. The second-order valence-electron chi connectivity index (χ2n) is 8.17. The van der Waals surface area contributed by atoms with Crippen LogP contribution in [0, 0.1) is 0 Å². The first-order chi connectivity index (χ1) is 12.7. The molecular formula is C19H22Cl2N4O2. The fraction of sp³-hybridized carbons (Fsp3) is 0.526. The number of nitrogens with zero attached hydrogens (tertiary/aromatic N) is 4. The van der Waals surface area contributed by atoms with Crippen LogP contribution in [0.2, 0.25) is 10.3 Å². The summed E-state index contributed by atoms with van der Waals surface area (Å²) in [5.74, 6) is 0.794. The number of carbonyl (C=O) groups excluding carboxylic acids is 1. The van der Waals surface area contributed by atoms with Crippen molar-refractivity contribution >= 4 is 45.9 Å². The third-order valence-electron chi connectivity index (χ3n) is 5.02. The normalized spacial score (nSPS) is 22.4. The van der Waals surface area contributed by atoms with Gasteiger partial charge in [0, 0.05) is 24.7 Å². The fourth-order valence-electron chi connectivity index (χ4n) is 4.00. The first kappa shape index (κ1) is 18.6. The fourth-order valence-corrected chi connectivity index (χ4v) is 4.37. The van der Waals surface area contributed by atoms with Crippen molar-refractivity contribution in [2.24, 2.45) is 0 Å². The van der Waals surface area contributed by atoms with Gasteiger partial charge in [-0.05, 0) is 51.1 Å². The summed E-state index contributed by atoms with van der Waals surface area (Å²) >= 11 is 12.3. The Bertz CT molecular complexity index is 880.